The fraction of sp³-hybridized carbons (Fsp3) is 0.538. The summed E-state index contributed by atoms with van der Waals surface area (Å²) in [6.07, 6.45) is 0.518. The van der Waals surface area contributed by atoms with Gasteiger partial charge in [0.2, 0.25) is 0 Å². The zero-order chi connectivity index (χ0) is 14.5. The summed E-state index contributed by atoms with van der Waals surface area (Å²) in [6, 6.07) is 9.81. The molecule has 0 aliphatic heterocycles. The van der Waals surface area contributed by atoms with Crippen LogP contribution in [-0.4, -0.2) is 28.4 Å². The van der Waals surface area contributed by atoms with Crippen LogP contribution in [0.1, 0.15) is 5.56 Å². The highest BCUT2D eigenvalue weighted by atomic mass is 31.2. The molecule has 0 radical (unpaired) electrons. The largest absolute Gasteiger partial charge is 0.403 e. The van der Waals surface area contributed by atoms with Crippen LogP contribution in [0.4, 0.5) is 0 Å². The van der Waals surface area contributed by atoms with Crippen LogP contribution in [0.25, 0.3) is 0 Å². The Kier molecular flexibility index (Phi) is 5.96. The summed E-state index contributed by atoms with van der Waals surface area (Å²) in [6.45, 7) is 6.17. The van der Waals surface area contributed by atoms with Crippen LogP contribution in [-0.2, 0) is 24.5 Å². The third-order valence-corrected chi connectivity index (χ3v) is 5.81. The van der Waals surface area contributed by atoms with Crippen molar-refractivity contribution in [2.24, 2.45) is 0 Å². The molecule has 0 aliphatic carbocycles. The van der Waals surface area contributed by atoms with Gasteiger partial charge in [-0.15, -0.1) is 0 Å². The zero-order valence-corrected chi connectivity index (χ0v) is 14.1. The first kappa shape index (κ1) is 16.6. The summed E-state index contributed by atoms with van der Waals surface area (Å²) in [5, 5.41) is 0. The lowest BCUT2D eigenvalue weighted by atomic mass is 10.2. The average Bonchev–Trinajstić information content (AvgIpc) is 2.37. The molecule has 0 saturated carbocycles. The maximum atomic E-state index is 12.6. The molecule has 1 unspecified atom stereocenters. The molecule has 0 amide bonds. The smallest absolute Gasteiger partial charge is 0.357 e. The highest BCUT2D eigenvalue weighted by Crippen LogP contribution is 2.53. The van der Waals surface area contributed by atoms with Crippen molar-refractivity contribution in [1.29, 1.82) is 0 Å². The Morgan fingerprint density at radius 2 is 1.63 bits per heavy atom. The van der Waals surface area contributed by atoms with Crippen LogP contribution in [0.2, 0.25) is 19.6 Å². The summed E-state index contributed by atoms with van der Waals surface area (Å²) < 4.78 is 28.8. The van der Waals surface area contributed by atoms with E-state index in [0.717, 1.165) is 5.56 Å². The van der Waals surface area contributed by atoms with E-state index in [1.54, 1.807) is 0 Å². The number of hydrogen-bond acceptors (Lipinski definition) is 4. The number of benzene rings is 1. The van der Waals surface area contributed by atoms with Crippen molar-refractivity contribution in [3.8, 4) is 0 Å². The van der Waals surface area contributed by atoms with E-state index < -0.39 is 21.8 Å². The topological polar surface area (TPSA) is 44.8 Å². The van der Waals surface area contributed by atoms with Crippen LogP contribution in [0, 0.1) is 0 Å². The van der Waals surface area contributed by atoms with Gasteiger partial charge in [0.25, 0.3) is 0 Å². The third-order valence-electron chi connectivity index (χ3n) is 2.60. The van der Waals surface area contributed by atoms with Crippen LogP contribution in [0.15, 0.2) is 30.3 Å². The zero-order valence-electron chi connectivity index (χ0n) is 12.3. The molecule has 1 atom stereocenters. The Morgan fingerprint density at radius 3 is 2.05 bits per heavy atom. The molecule has 6 heteroatoms. The summed E-state index contributed by atoms with van der Waals surface area (Å²) in [5.74, 6) is -0.559. The Labute approximate surface area is 116 Å². The summed E-state index contributed by atoms with van der Waals surface area (Å²) in [7, 11) is -2.29. The van der Waals surface area contributed by atoms with Crippen LogP contribution < -0.4 is 0 Å². The van der Waals surface area contributed by atoms with E-state index in [1.165, 1.54) is 14.2 Å². The Bertz CT molecular complexity index is 422. The van der Waals surface area contributed by atoms with Crippen molar-refractivity contribution in [1.82, 2.24) is 0 Å². The number of hydrogen-bond donors (Lipinski definition) is 0. The second-order valence-electron chi connectivity index (χ2n) is 5.28. The molecule has 0 aliphatic rings. The van der Waals surface area contributed by atoms with Gasteiger partial charge in [0.15, 0.2) is 14.2 Å². The van der Waals surface area contributed by atoms with Gasteiger partial charge in [0, 0.05) is 20.6 Å². The fourth-order valence-corrected chi connectivity index (χ4v) is 5.17. The number of rotatable bonds is 7. The van der Waals surface area contributed by atoms with Gasteiger partial charge in [-0.05, 0) is 25.2 Å². The second kappa shape index (κ2) is 6.82. The van der Waals surface area contributed by atoms with Crippen molar-refractivity contribution in [2.45, 2.75) is 31.9 Å². The molecular weight excluding hydrogens is 279 g/mol. The lowest BCUT2D eigenvalue weighted by molar-refractivity contribution is 0.185. The summed E-state index contributed by atoms with van der Waals surface area (Å²) in [5.41, 5.74) is 1.06. The molecule has 0 heterocycles. The van der Waals surface area contributed by atoms with E-state index >= 15 is 0 Å². The predicted octanol–water partition coefficient (Wildman–Crippen LogP) is 3.89. The van der Waals surface area contributed by atoms with Gasteiger partial charge in [-0.25, -0.2) is 0 Å². The lowest BCUT2D eigenvalue weighted by Crippen LogP contribution is -2.33. The molecule has 1 aromatic carbocycles. The van der Waals surface area contributed by atoms with Gasteiger partial charge >= 0.3 is 7.60 Å². The van der Waals surface area contributed by atoms with E-state index in [-0.39, 0.29) is 0 Å². The first-order chi connectivity index (χ1) is 8.80. The molecule has 19 heavy (non-hydrogen) atoms. The van der Waals surface area contributed by atoms with Gasteiger partial charge in [-0.2, -0.15) is 0 Å². The molecule has 1 aromatic rings. The van der Waals surface area contributed by atoms with Crippen LogP contribution in [0.5, 0.6) is 0 Å². The molecule has 0 fully saturated rings. The molecule has 0 saturated heterocycles. The third kappa shape index (κ3) is 5.20. The van der Waals surface area contributed by atoms with Gasteiger partial charge in [0.1, 0.15) is 0 Å². The molecule has 0 bridgehead atoms. The van der Waals surface area contributed by atoms with E-state index in [4.69, 9.17) is 13.5 Å². The van der Waals surface area contributed by atoms with Gasteiger partial charge in [-0.3, -0.25) is 4.57 Å². The molecule has 4 nitrogen and oxygen atoms in total. The van der Waals surface area contributed by atoms with Crippen molar-refractivity contribution >= 4 is 15.9 Å². The fourth-order valence-electron chi connectivity index (χ4n) is 1.75. The van der Waals surface area contributed by atoms with E-state index in [1.807, 2.05) is 30.3 Å². The minimum atomic E-state index is -3.24. The Hall–Kier alpha value is -0.453. The van der Waals surface area contributed by atoms with Crippen molar-refractivity contribution in [3.63, 3.8) is 0 Å². The standard InChI is InChI=1S/C13H23O4PSi/c1-15-18(14,16-2)13(17-19(3,4)5)11-12-9-7-6-8-10-12/h6-10,13H,11H2,1-5H3. The Balaban J connectivity index is 2.96. The van der Waals surface area contributed by atoms with Gasteiger partial charge in [-0.1, -0.05) is 30.3 Å². The second-order valence-corrected chi connectivity index (χ2v) is 12.1. The molecular formula is C13H23O4PSi. The minimum absolute atomic E-state index is 0.518. The summed E-state index contributed by atoms with van der Waals surface area (Å²) in [4.78, 5) is 0. The van der Waals surface area contributed by atoms with Crippen molar-refractivity contribution in [2.75, 3.05) is 14.2 Å². The van der Waals surface area contributed by atoms with Crippen LogP contribution >= 0.6 is 7.60 Å². The van der Waals surface area contributed by atoms with Crippen LogP contribution in [0.3, 0.4) is 0 Å². The Morgan fingerprint density at radius 1 is 1.11 bits per heavy atom. The molecule has 0 spiro atoms. The maximum Gasteiger partial charge on any atom is 0.357 e. The predicted molar refractivity (Wildman–Crippen MR) is 80.0 cm³/mol. The van der Waals surface area contributed by atoms with E-state index in [2.05, 4.69) is 19.6 Å². The average molecular weight is 302 g/mol. The van der Waals surface area contributed by atoms with Gasteiger partial charge in [0.05, 0.1) is 0 Å². The summed E-state index contributed by atoms with van der Waals surface area (Å²) >= 11 is 0. The van der Waals surface area contributed by atoms with E-state index in [0.29, 0.717) is 6.42 Å². The highest BCUT2D eigenvalue weighted by molar-refractivity contribution is 7.54. The molecule has 0 aromatic heterocycles. The first-order valence-corrected chi connectivity index (χ1v) is 11.3. The lowest BCUT2D eigenvalue weighted by Gasteiger charge is -2.30. The first-order valence-electron chi connectivity index (χ1n) is 6.23. The monoisotopic (exact) mass is 302 g/mol. The SMILES string of the molecule is COP(=O)(OC)C(Cc1ccccc1)O[Si](C)(C)C. The van der Waals surface area contributed by atoms with Crippen molar-refractivity contribution in [3.05, 3.63) is 35.9 Å². The van der Waals surface area contributed by atoms with E-state index in [9.17, 15) is 4.57 Å². The minimum Gasteiger partial charge on any atom is -0.403 e. The quantitative estimate of drug-likeness (QED) is 0.566. The van der Waals surface area contributed by atoms with Crippen molar-refractivity contribution < 1.29 is 18.0 Å². The maximum absolute atomic E-state index is 12.6. The van der Waals surface area contributed by atoms with Gasteiger partial charge < -0.3 is 13.5 Å². The highest BCUT2D eigenvalue weighted by Gasteiger charge is 2.38. The molecule has 108 valence electrons. The molecule has 1 rings (SSSR count). The molecule has 0 N–H and O–H groups in total. The normalized spacial score (nSPS) is 14.4.